The molecule has 2 rings (SSSR count). The van der Waals surface area contributed by atoms with E-state index >= 15 is 0 Å². The molecule has 0 saturated carbocycles. The van der Waals surface area contributed by atoms with Crippen LogP contribution in [-0.4, -0.2) is 97.8 Å². The van der Waals surface area contributed by atoms with Crippen molar-refractivity contribution in [2.45, 2.75) is 46.3 Å². The molecule has 2 atom stereocenters. The highest BCUT2D eigenvalue weighted by Crippen LogP contribution is 2.44. The van der Waals surface area contributed by atoms with E-state index in [-0.39, 0.29) is 73.6 Å². The number of primary amides is 2. The van der Waals surface area contributed by atoms with Crippen LogP contribution >= 0.6 is 95.6 Å². The van der Waals surface area contributed by atoms with Crippen molar-refractivity contribution >= 4 is 166 Å². The number of rotatable bonds is 18. The smallest absolute Gasteiger partial charge is 0.303 e. The molecule has 0 aliphatic carbocycles. The minimum atomic E-state index is -1.10. The number of anilines is 2. The third kappa shape index (κ3) is 14.6. The first-order chi connectivity index (χ1) is 27.4. The first-order valence-corrected chi connectivity index (χ1v) is 20.9. The van der Waals surface area contributed by atoms with Gasteiger partial charge in [-0.2, -0.15) is 0 Å². The number of nitrogens with two attached hydrogens (primary N) is 2. The summed E-state index contributed by atoms with van der Waals surface area (Å²) < 4.78 is 19.2. The van der Waals surface area contributed by atoms with Crippen LogP contribution in [0.4, 0.5) is 11.4 Å². The van der Waals surface area contributed by atoms with Gasteiger partial charge < -0.3 is 51.7 Å². The molecule has 2 aromatic rings. The second-order valence-electron chi connectivity index (χ2n) is 11.6. The number of amides is 6. The molecule has 320 valence electrons. The summed E-state index contributed by atoms with van der Waals surface area (Å²) in [5.41, 5.74) is 9.60. The molecule has 0 saturated heterocycles. The van der Waals surface area contributed by atoms with Gasteiger partial charge in [-0.05, 0) is 95.6 Å². The standard InChI is InChI=1S/C33H32Br6N6O14/c1-10(46)56-8-14(58-12(3)48)6-42-32(54)20-22(34)18(30(40)52)24(36)28(26(20)38)44-16(50)5-17(51)45-29-25(37)19(31(41)53)23(35)21(27(29)39)33(55)43-7-15(59-13(4)49)9-57-11(2)47/h14-15H,5-9H2,1-4H3,(H2,40,52)(H2,41,53)(H,42,54)(H,43,55)(H,44,50)(H,45,51). The Balaban J connectivity index is 2.44. The molecule has 0 radical (unpaired) electrons. The maximum absolute atomic E-state index is 13.5. The quantitative estimate of drug-likeness (QED) is 0.0702. The van der Waals surface area contributed by atoms with Gasteiger partial charge in [0, 0.05) is 36.6 Å². The van der Waals surface area contributed by atoms with Crippen molar-refractivity contribution in [3.05, 3.63) is 49.1 Å². The molecule has 2 aromatic carbocycles. The van der Waals surface area contributed by atoms with Crippen molar-refractivity contribution in [2.75, 3.05) is 36.9 Å². The summed E-state index contributed by atoms with van der Waals surface area (Å²) >= 11 is 19.2. The largest absolute Gasteiger partial charge is 0.462 e. The van der Waals surface area contributed by atoms with Gasteiger partial charge in [0.15, 0.2) is 12.2 Å². The number of carbonyl (C=O) groups excluding carboxylic acids is 10. The summed E-state index contributed by atoms with van der Waals surface area (Å²) in [4.78, 5) is 124. The minimum absolute atomic E-state index is 0.106. The number of hydrogen-bond acceptors (Lipinski definition) is 14. The first-order valence-electron chi connectivity index (χ1n) is 16.2. The Morgan fingerprint density at radius 1 is 0.492 bits per heavy atom. The van der Waals surface area contributed by atoms with E-state index in [0.29, 0.717) is 0 Å². The Kier molecular flexibility index (Phi) is 20.1. The number of halogens is 6. The van der Waals surface area contributed by atoms with Crippen LogP contribution in [-0.2, 0) is 47.7 Å². The highest BCUT2D eigenvalue weighted by Gasteiger charge is 2.31. The van der Waals surface area contributed by atoms with Crippen molar-refractivity contribution in [2.24, 2.45) is 11.5 Å². The van der Waals surface area contributed by atoms with Crippen LogP contribution in [0.1, 0.15) is 75.5 Å². The predicted molar refractivity (Wildman–Crippen MR) is 227 cm³/mol. The number of hydrogen-bond donors (Lipinski definition) is 6. The molecular weight excluding hydrogens is 1180 g/mol. The van der Waals surface area contributed by atoms with Gasteiger partial charge in [-0.25, -0.2) is 0 Å². The van der Waals surface area contributed by atoms with Crippen LogP contribution in [0.5, 0.6) is 0 Å². The van der Waals surface area contributed by atoms with E-state index in [2.05, 4.69) is 117 Å². The summed E-state index contributed by atoms with van der Waals surface area (Å²) in [5.74, 6) is -8.68. The molecule has 0 fully saturated rings. The van der Waals surface area contributed by atoms with Crippen molar-refractivity contribution in [3.63, 3.8) is 0 Å². The van der Waals surface area contributed by atoms with Gasteiger partial charge in [0.1, 0.15) is 19.6 Å². The van der Waals surface area contributed by atoms with Gasteiger partial charge in [-0.3, -0.25) is 47.9 Å². The van der Waals surface area contributed by atoms with E-state index in [1.807, 2.05) is 0 Å². The average molecular weight is 1220 g/mol. The van der Waals surface area contributed by atoms with Gasteiger partial charge >= 0.3 is 23.9 Å². The fourth-order valence-electron chi connectivity index (χ4n) is 4.64. The lowest BCUT2D eigenvalue weighted by Gasteiger charge is -2.21. The predicted octanol–water partition coefficient (Wildman–Crippen LogP) is 3.88. The lowest BCUT2D eigenvalue weighted by atomic mass is 10.1. The summed E-state index contributed by atoms with van der Waals surface area (Å²) in [6.45, 7) is 2.96. The monoisotopic (exact) mass is 1210 g/mol. The van der Waals surface area contributed by atoms with Crippen molar-refractivity contribution in [3.8, 4) is 0 Å². The molecule has 0 aliphatic heterocycles. The van der Waals surface area contributed by atoms with Gasteiger partial charge in [0.05, 0.1) is 64.6 Å². The van der Waals surface area contributed by atoms with E-state index in [4.69, 9.17) is 30.4 Å². The van der Waals surface area contributed by atoms with E-state index in [1.54, 1.807) is 0 Å². The van der Waals surface area contributed by atoms with Crippen LogP contribution in [0.15, 0.2) is 26.8 Å². The number of ether oxygens (including phenoxy) is 4. The number of carbonyl (C=O) groups is 10. The average Bonchev–Trinajstić information content (AvgIpc) is 3.10. The zero-order valence-electron chi connectivity index (χ0n) is 30.8. The van der Waals surface area contributed by atoms with E-state index in [1.165, 1.54) is 0 Å². The molecule has 0 spiro atoms. The molecular formula is C33H32Br6N6O14. The SMILES string of the molecule is CC(=O)OCC(CNC(=O)c1c(Br)c(NC(=O)CC(=O)Nc2c(Br)c(C(N)=O)c(Br)c(C(=O)NCC(COC(C)=O)OC(C)=O)c2Br)c(Br)c(C(N)=O)c1Br)OC(C)=O. The molecule has 0 aliphatic rings. The fraction of sp³-hybridized carbons (Fsp3) is 0.333. The molecule has 0 bridgehead atoms. The molecule has 59 heavy (non-hydrogen) atoms. The first kappa shape index (κ1) is 51.2. The Morgan fingerprint density at radius 2 is 0.797 bits per heavy atom. The van der Waals surface area contributed by atoms with Crippen molar-refractivity contribution in [1.82, 2.24) is 10.6 Å². The topological polar surface area (TPSA) is 308 Å². The molecule has 8 N–H and O–H groups in total. The maximum Gasteiger partial charge on any atom is 0.303 e. The highest BCUT2D eigenvalue weighted by atomic mass is 79.9. The normalized spacial score (nSPS) is 11.6. The molecule has 6 amide bonds. The fourth-order valence-corrected chi connectivity index (χ4v) is 10.5. The lowest BCUT2D eigenvalue weighted by Crippen LogP contribution is -2.38. The van der Waals surface area contributed by atoms with Crippen LogP contribution in [0.2, 0.25) is 0 Å². The molecule has 2 unspecified atom stereocenters. The van der Waals surface area contributed by atoms with Gasteiger partial charge in [-0.15, -0.1) is 0 Å². The summed E-state index contributed by atoms with van der Waals surface area (Å²) in [7, 11) is 0. The summed E-state index contributed by atoms with van der Waals surface area (Å²) in [6.07, 6.45) is -3.14. The Bertz CT molecular complexity index is 1970. The zero-order valence-corrected chi connectivity index (χ0v) is 40.3. The molecule has 20 nitrogen and oxygen atoms in total. The van der Waals surface area contributed by atoms with Gasteiger partial charge in [-0.1, -0.05) is 0 Å². The molecule has 0 aromatic heterocycles. The Morgan fingerprint density at radius 3 is 1.07 bits per heavy atom. The highest BCUT2D eigenvalue weighted by molar-refractivity contribution is 9.12. The summed E-state index contributed by atoms with van der Waals surface area (Å²) in [5, 5.41) is 9.82. The number of nitrogens with one attached hydrogen (secondary N) is 4. The van der Waals surface area contributed by atoms with Crippen molar-refractivity contribution in [1.29, 1.82) is 0 Å². The van der Waals surface area contributed by atoms with E-state index in [0.717, 1.165) is 27.7 Å². The second-order valence-corrected chi connectivity index (χ2v) is 16.4. The maximum atomic E-state index is 13.5. The van der Waals surface area contributed by atoms with Crippen LogP contribution in [0.3, 0.4) is 0 Å². The summed E-state index contributed by atoms with van der Waals surface area (Å²) in [6, 6.07) is 0. The van der Waals surface area contributed by atoms with Crippen LogP contribution < -0.4 is 32.7 Å². The Labute approximate surface area is 384 Å². The molecule has 26 heteroatoms. The van der Waals surface area contributed by atoms with Gasteiger partial charge in [0.2, 0.25) is 11.8 Å². The minimum Gasteiger partial charge on any atom is -0.462 e. The van der Waals surface area contributed by atoms with Crippen LogP contribution in [0.25, 0.3) is 0 Å². The van der Waals surface area contributed by atoms with Crippen molar-refractivity contribution < 1.29 is 66.9 Å². The van der Waals surface area contributed by atoms with Crippen LogP contribution in [0, 0.1) is 0 Å². The second kappa shape index (κ2) is 23.1. The molecule has 0 heterocycles. The van der Waals surface area contributed by atoms with Gasteiger partial charge in [0.25, 0.3) is 23.6 Å². The van der Waals surface area contributed by atoms with E-state index < -0.39 is 91.2 Å². The Hall–Kier alpha value is -3.98. The number of esters is 4. The number of benzene rings is 2. The third-order valence-corrected chi connectivity index (χ3v) is 11.8. The zero-order chi connectivity index (χ0) is 45.0. The third-order valence-electron chi connectivity index (χ3n) is 7.02. The lowest BCUT2D eigenvalue weighted by molar-refractivity contribution is -0.155. The van der Waals surface area contributed by atoms with E-state index in [9.17, 15) is 47.9 Å².